The fourth-order valence-electron chi connectivity index (χ4n) is 2.97. The van der Waals surface area contributed by atoms with Crippen molar-refractivity contribution in [3.05, 3.63) is 70.5 Å². The van der Waals surface area contributed by atoms with Gasteiger partial charge in [0.15, 0.2) is 6.61 Å². The van der Waals surface area contributed by atoms with Gasteiger partial charge in [0.05, 0.1) is 5.52 Å². The number of carbonyl (C=O) groups is 1. The molecule has 0 aliphatic heterocycles. The van der Waals surface area contributed by atoms with Gasteiger partial charge in [0.1, 0.15) is 5.75 Å². The highest BCUT2D eigenvalue weighted by atomic mass is 16.5. The Morgan fingerprint density at radius 1 is 1.12 bits per heavy atom. The molecule has 0 spiro atoms. The number of fused-ring (bicyclic) bond motifs is 1. The SMILES string of the molecule is CCn1c(=O)cc(OCC(=O)N(C)c2cccc(C)c2)c2ccccc21. The predicted octanol–water partition coefficient (Wildman–Crippen LogP) is 3.37. The molecule has 134 valence electrons. The van der Waals surface area contributed by atoms with Crippen molar-refractivity contribution < 1.29 is 9.53 Å². The van der Waals surface area contributed by atoms with Gasteiger partial charge in [-0.25, -0.2) is 0 Å². The Morgan fingerprint density at radius 3 is 2.62 bits per heavy atom. The minimum absolute atomic E-state index is 0.135. The van der Waals surface area contributed by atoms with Crippen molar-refractivity contribution in [3.8, 4) is 5.75 Å². The van der Waals surface area contributed by atoms with E-state index in [1.165, 1.54) is 6.07 Å². The Kier molecular flexibility index (Phi) is 5.07. The average molecular weight is 350 g/mol. The van der Waals surface area contributed by atoms with Gasteiger partial charge in [0.25, 0.3) is 11.5 Å². The van der Waals surface area contributed by atoms with Crippen LogP contribution in [-0.4, -0.2) is 24.1 Å². The van der Waals surface area contributed by atoms with Crippen LogP contribution in [-0.2, 0) is 11.3 Å². The van der Waals surface area contributed by atoms with Crippen LogP contribution in [0.4, 0.5) is 5.69 Å². The highest BCUT2D eigenvalue weighted by molar-refractivity contribution is 5.94. The number of aryl methyl sites for hydroxylation is 2. The Labute approximate surface area is 152 Å². The topological polar surface area (TPSA) is 51.5 Å². The Morgan fingerprint density at radius 2 is 1.88 bits per heavy atom. The molecule has 1 amide bonds. The number of nitrogens with zero attached hydrogens (tertiary/aromatic N) is 2. The van der Waals surface area contributed by atoms with Crippen LogP contribution in [0.5, 0.6) is 5.75 Å². The van der Waals surface area contributed by atoms with Gasteiger partial charge >= 0.3 is 0 Å². The van der Waals surface area contributed by atoms with Crippen LogP contribution in [0.3, 0.4) is 0 Å². The standard InChI is InChI=1S/C21H22N2O3/c1-4-23-18-11-6-5-10-17(18)19(13-20(23)24)26-14-21(25)22(3)16-9-7-8-15(2)12-16/h5-13H,4,14H2,1-3H3. The minimum Gasteiger partial charge on any atom is -0.483 e. The van der Waals surface area contributed by atoms with E-state index in [0.717, 1.165) is 22.2 Å². The normalized spacial score (nSPS) is 10.7. The number of hydrogen-bond acceptors (Lipinski definition) is 3. The molecule has 0 unspecified atom stereocenters. The highest BCUT2D eigenvalue weighted by Gasteiger charge is 2.14. The van der Waals surface area contributed by atoms with E-state index < -0.39 is 0 Å². The third-order valence-electron chi connectivity index (χ3n) is 4.41. The summed E-state index contributed by atoms with van der Waals surface area (Å²) in [6, 6.07) is 16.7. The molecule has 3 aromatic rings. The molecule has 0 bridgehead atoms. The summed E-state index contributed by atoms with van der Waals surface area (Å²) in [6.45, 7) is 4.35. The molecule has 0 aliphatic carbocycles. The third-order valence-corrected chi connectivity index (χ3v) is 4.41. The smallest absolute Gasteiger partial charge is 0.264 e. The summed E-state index contributed by atoms with van der Waals surface area (Å²) in [4.78, 5) is 26.4. The summed E-state index contributed by atoms with van der Waals surface area (Å²) in [5.74, 6) is 0.251. The average Bonchev–Trinajstić information content (AvgIpc) is 2.65. The number of para-hydroxylation sites is 1. The number of ether oxygens (including phenoxy) is 1. The zero-order valence-electron chi connectivity index (χ0n) is 15.2. The summed E-state index contributed by atoms with van der Waals surface area (Å²) < 4.78 is 7.41. The molecule has 3 rings (SSSR count). The van der Waals surface area contributed by atoms with E-state index in [1.54, 1.807) is 16.5 Å². The van der Waals surface area contributed by atoms with Crippen LogP contribution >= 0.6 is 0 Å². The van der Waals surface area contributed by atoms with Crippen molar-refractivity contribution in [2.45, 2.75) is 20.4 Å². The number of benzene rings is 2. The first kappa shape index (κ1) is 17.7. The second-order valence-electron chi connectivity index (χ2n) is 6.19. The van der Waals surface area contributed by atoms with Gasteiger partial charge in [0.2, 0.25) is 0 Å². The maximum atomic E-state index is 12.5. The van der Waals surface area contributed by atoms with Gasteiger partial charge in [-0.3, -0.25) is 9.59 Å². The van der Waals surface area contributed by atoms with Crippen molar-refractivity contribution >= 4 is 22.5 Å². The lowest BCUT2D eigenvalue weighted by Crippen LogP contribution is -2.31. The summed E-state index contributed by atoms with van der Waals surface area (Å²) in [6.07, 6.45) is 0. The molecular weight excluding hydrogens is 328 g/mol. The molecule has 2 aromatic carbocycles. The monoisotopic (exact) mass is 350 g/mol. The molecule has 0 atom stereocenters. The first-order valence-electron chi connectivity index (χ1n) is 8.60. The van der Waals surface area contributed by atoms with Crippen LogP contribution in [0.1, 0.15) is 12.5 Å². The first-order chi connectivity index (χ1) is 12.5. The fourth-order valence-corrected chi connectivity index (χ4v) is 2.97. The second-order valence-corrected chi connectivity index (χ2v) is 6.19. The van der Waals surface area contributed by atoms with E-state index in [9.17, 15) is 9.59 Å². The summed E-state index contributed by atoms with van der Waals surface area (Å²) >= 11 is 0. The summed E-state index contributed by atoms with van der Waals surface area (Å²) in [7, 11) is 1.72. The number of anilines is 1. The number of hydrogen-bond donors (Lipinski definition) is 0. The number of amides is 1. The summed E-state index contributed by atoms with van der Waals surface area (Å²) in [5, 5.41) is 0.819. The molecular formula is C21H22N2O3. The van der Waals surface area contributed by atoms with Gasteiger partial charge in [-0.05, 0) is 43.7 Å². The Hall–Kier alpha value is -3.08. The Balaban J connectivity index is 1.84. The van der Waals surface area contributed by atoms with Gasteiger partial charge in [-0.1, -0.05) is 24.3 Å². The molecule has 0 aliphatic rings. The summed E-state index contributed by atoms with van der Waals surface area (Å²) in [5.41, 5.74) is 2.56. The zero-order chi connectivity index (χ0) is 18.7. The van der Waals surface area contributed by atoms with Crippen molar-refractivity contribution in [2.75, 3.05) is 18.6 Å². The molecule has 0 N–H and O–H groups in total. The lowest BCUT2D eigenvalue weighted by Gasteiger charge is -2.19. The number of likely N-dealkylation sites (N-methyl/N-ethyl adjacent to an activating group) is 1. The van der Waals surface area contributed by atoms with Gasteiger partial charge < -0.3 is 14.2 Å². The van der Waals surface area contributed by atoms with Crippen LogP contribution in [0.25, 0.3) is 10.9 Å². The molecule has 1 aromatic heterocycles. The van der Waals surface area contributed by atoms with E-state index in [1.807, 2.05) is 62.4 Å². The van der Waals surface area contributed by atoms with E-state index in [2.05, 4.69) is 0 Å². The van der Waals surface area contributed by atoms with E-state index in [4.69, 9.17) is 4.74 Å². The van der Waals surface area contributed by atoms with Gasteiger partial charge in [0, 0.05) is 30.7 Å². The number of rotatable bonds is 5. The van der Waals surface area contributed by atoms with E-state index >= 15 is 0 Å². The molecule has 5 heteroatoms. The van der Waals surface area contributed by atoms with Crippen molar-refractivity contribution in [2.24, 2.45) is 0 Å². The maximum Gasteiger partial charge on any atom is 0.264 e. The predicted molar refractivity (Wildman–Crippen MR) is 104 cm³/mol. The molecule has 26 heavy (non-hydrogen) atoms. The molecule has 0 radical (unpaired) electrons. The second kappa shape index (κ2) is 7.44. The molecule has 0 saturated heterocycles. The minimum atomic E-state index is -0.181. The van der Waals surface area contributed by atoms with Crippen LogP contribution in [0.15, 0.2) is 59.4 Å². The molecule has 0 fully saturated rings. The third kappa shape index (κ3) is 3.47. The Bertz CT molecular complexity index is 1010. The zero-order valence-corrected chi connectivity index (χ0v) is 15.2. The van der Waals surface area contributed by atoms with Gasteiger partial charge in [-0.2, -0.15) is 0 Å². The lowest BCUT2D eigenvalue weighted by atomic mass is 10.2. The van der Waals surface area contributed by atoms with Crippen molar-refractivity contribution in [1.29, 1.82) is 0 Å². The number of aromatic nitrogens is 1. The van der Waals surface area contributed by atoms with Crippen molar-refractivity contribution in [1.82, 2.24) is 4.57 Å². The highest BCUT2D eigenvalue weighted by Crippen LogP contribution is 2.24. The number of carbonyl (C=O) groups excluding carboxylic acids is 1. The maximum absolute atomic E-state index is 12.5. The van der Waals surface area contributed by atoms with Crippen LogP contribution in [0, 0.1) is 6.92 Å². The van der Waals surface area contributed by atoms with E-state index in [0.29, 0.717) is 12.3 Å². The molecule has 1 heterocycles. The fraction of sp³-hybridized carbons (Fsp3) is 0.238. The lowest BCUT2D eigenvalue weighted by molar-refractivity contribution is -0.120. The van der Waals surface area contributed by atoms with Gasteiger partial charge in [-0.15, -0.1) is 0 Å². The van der Waals surface area contributed by atoms with Crippen LogP contribution in [0.2, 0.25) is 0 Å². The quantitative estimate of drug-likeness (QED) is 0.709. The molecule has 5 nitrogen and oxygen atoms in total. The first-order valence-corrected chi connectivity index (χ1v) is 8.60. The molecule has 0 saturated carbocycles. The van der Waals surface area contributed by atoms with E-state index in [-0.39, 0.29) is 18.1 Å². The van der Waals surface area contributed by atoms with Crippen molar-refractivity contribution in [3.63, 3.8) is 0 Å². The number of pyridine rings is 1. The largest absolute Gasteiger partial charge is 0.483 e. The van der Waals surface area contributed by atoms with Crippen LogP contribution < -0.4 is 15.2 Å².